The number of aliphatic hydroxyl groups is 2. The van der Waals surface area contributed by atoms with Crippen LogP contribution in [0, 0.1) is 0 Å². The second kappa shape index (κ2) is 7.94. The Labute approximate surface area is 140 Å². The Kier molecular flexibility index (Phi) is 5.94. The third-order valence-electron chi connectivity index (χ3n) is 4.02. The standard InChI is InChI=1S/C17H22N2O5/c1-11(21)14-15(12-5-3-4-6-13(12)24-2)19(17(23)16(14)22)9-7-18-8-10-20/h3-6,15,18,20,22H,7-10H2,1-2H3/p+1/t15-/m0/s1. The normalized spacial score (nSPS) is 17.5. The SMILES string of the molecule is COc1ccccc1[C@H]1C(C(C)=O)=C(O)C(=O)N1CC[NH2+]CCO. The van der Waals surface area contributed by atoms with Gasteiger partial charge in [-0.2, -0.15) is 0 Å². The summed E-state index contributed by atoms with van der Waals surface area (Å²) in [4.78, 5) is 25.9. The molecule has 0 aromatic heterocycles. The van der Waals surface area contributed by atoms with Crippen LogP contribution in [0.3, 0.4) is 0 Å². The first-order valence-electron chi connectivity index (χ1n) is 7.83. The van der Waals surface area contributed by atoms with Gasteiger partial charge in [-0.1, -0.05) is 18.2 Å². The average Bonchev–Trinajstić information content (AvgIpc) is 2.83. The smallest absolute Gasteiger partial charge is 0.290 e. The number of amides is 1. The van der Waals surface area contributed by atoms with Crippen LogP contribution in [0.15, 0.2) is 35.6 Å². The van der Waals surface area contributed by atoms with E-state index in [1.807, 2.05) is 5.32 Å². The number of quaternary nitrogens is 1. The molecule has 1 aromatic rings. The zero-order valence-electron chi connectivity index (χ0n) is 13.9. The lowest BCUT2D eigenvalue weighted by molar-refractivity contribution is -0.655. The molecule has 4 N–H and O–H groups in total. The van der Waals surface area contributed by atoms with Gasteiger partial charge in [0.25, 0.3) is 5.91 Å². The fraction of sp³-hybridized carbons (Fsp3) is 0.412. The largest absolute Gasteiger partial charge is 0.503 e. The van der Waals surface area contributed by atoms with Gasteiger partial charge >= 0.3 is 0 Å². The quantitative estimate of drug-likeness (QED) is 0.558. The highest BCUT2D eigenvalue weighted by Crippen LogP contribution is 2.40. The number of Topliss-reactive ketones (excluding diaryl/α,β-unsaturated/α-hetero) is 1. The molecule has 0 radical (unpaired) electrons. The summed E-state index contributed by atoms with van der Waals surface area (Å²) in [6, 6.07) is 6.46. The first-order chi connectivity index (χ1) is 11.5. The lowest BCUT2D eigenvalue weighted by atomic mass is 9.96. The number of benzene rings is 1. The Morgan fingerprint density at radius 1 is 1.33 bits per heavy atom. The van der Waals surface area contributed by atoms with E-state index in [-0.39, 0.29) is 18.0 Å². The van der Waals surface area contributed by atoms with Crippen LogP contribution < -0.4 is 10.1 Å². The van der Waals surface area contributed by atoms with Gasteiger partial charge in [-0.25, -0.2) is 0 Å². The predicted molar refractivity (Wildman–Crippen MR) is 86.5 cm³/mol. The molecular formula is C17H23N2O5+. The van der Waals surface area contributed by atoms with Gasteiger partial charge in [0.1, 0.15) is 5.75 Å². The minimum atomic E-state index is -0.673. The average molecular weight is 335 g/mol. The van der Waals surface area contributed by atoms with E-state index in [0.29, 0.717) is 30.9 Å². The molecule has 0 unspecified atom stereocenters. The summed E-state index contributed by atoms with van der Waals surface area (Å²) in [5.74, 6) is -0.860. The molecule has 0 fully saturated rings. The van der Waals surface area contributed by atoms with E-state index in [0.717, 1.165) is 0 Å². The van der Waals surface area contributed by atoms with E-state index in [1.54, 1.807) is 24.3 Å². The van der Waals surface area contributed by atoms with E-state index >= 15 is 0 Å². The molecule has 0 bridgehead atoms. The predicted octanol–water partition coefficient (Wildman–Crippen LogP) is -0.465. The molecule has 1 amide bonds. The van der Waals surface area contributed by atoms with Gasteiger partial charge in [0.15, 0.2) is 11.5 Å². The van der Waals surface area contributed by atoms with Crippen LogP contribution >= 0.6 is 0 Å². The summed E-state index contributed by atoms with van der Waals surface area (Å²) in [7, 11) is 1.52. The van der Waals surface area contributed by atoms with Crippen LogP contribution in [0.4, 0.5) is 0 Å². The highest BCUT2D eigenvalue weighted by molar-refractivity contribution is 6.08. The number of methoxy groups -OCH3 is 1. The third kappa shape index (κ3) is 3.42. The molecule has 24 heavy (non-hydrogen) atoms. The number of nitrogens with zero attached hydrogens (tertiary/aromatic N) is 1. The molecule has 0 saturated carbocycles. The Morgan fingerprint density at radius 3 is 2.67 bits per heavy atom. The van der Waals surface area contributed by atoms with Gasteiger partial charge < -0.3 is 25.2 Å². The van der Waals surface area contributed by atoms with Crippen molar-refractivity contribution in [2.24, 2.45) is 0 Å². The number of carbonyl (C=O) groups is 2. The molecule has 0 spiro atoms. The Bertz CT molecular complexity index is 656. The zero-order valence-corrected chi connectivity index (χ0v) is 13.9. The summed E-state index contributed by atoms with van der Waals surface area (Å²) in [6.45, 7) is 2.80. The van der Waals surface area contributed by atoms with Gasteiger partial charge in [0, 0.05) is 5.56 Å². The first-order valence-corrected chi connectivity index (χ1v) is 7.83. The fourth-order valence-corrected chi connectivity index (χ4v) is 2.93. The number of ether oxygens (including phenoxy) is 1. The highest BCUT2D eigenvalue weighted by Gasteiger charge is 2.43. The van der Waals surface area contributed by atoms with E-state index in [2.05, 4.69) is 0 Å². The summed E-state index contributed by atoms with van der Waals surface area (Å²) in [5, 5.41) is 20.9. The second-order valence-electron chi connectivity index (χ2n) is 5.55. The number of carbonyl (C=O) groups excluding carboxylic acids is 2. The monoisotopic (exact) mass is 335 g/mol. The van der Waals surface area contributed by atoms with Gasteiger partial charge in [-0.3, -0.25) is 9.59 Å². The number of hydrogen-bond donors (Lipinski definition) is 3. The number of aliphatic hydroxyl groups excluding tert-OH is 2. The fourth-order valence-electron chi connectivity index (χ4n) is 2.93. The molecule has 0 aliphatic carbocycles. The molecule has 1 heterocycles. The van der Waals surface area contributed by atoms with Gasteiger partial charge in [0.2, 0.25) is 0 Å². The molecule has 1 aliphatic heterocycles. The van der Waals surface area contributed by atoms with Gasteiger partial charge in [-0.15, -0.1) is 0 Å². The number of ketones is 1. The lowest BCUT2D eigenvalue weighted by Crippen LogP contribution is -2.86. The number of para-hydroxylation sites is 1. The molecule has 1 aromatic carbocycles. The van der Waals surface area contributed by atoms with E-state index in [1.165, 1.54) is 18.9 Å². The summed E-state index contributed by atoms with van der Waals surface area (Å²) < 4.78 is 5.35. The minimum absolute atomic E-state index is 0.0477. The van der Waals surface area contributed by atoms with Crippen molar-refractivity contribution in [1.29, 1.82) is 0 Å². The molecule has 7 nitrogen and oxygen atoms in total. The van der Waals surface area contributed by atoms with Gasteiger partial charge in [0.05, 0.1) is 45.0 Å². The van der Waals surface area contributed by atoms with Crippen molar-refractivity contribution in [3.63, 3.8) is 0 Å². The van der Waals surface area contributed by atoms with Crippen LogP contribution in [0.2, 0.25) is 0 Å². The van der Waals surface area contributed by atoms with Crippen LogP contribution in [0.5, 0.6) is 5.75 Å². The first kappa shape index (κ1) is 18.0. The molecule has 2 rings (SSSR count). The highest BCUT2D eigenvalue weighted by atomic mass is 16.5. The van der Waals surface area contributed by atoms with Crippen molar-refractivity contribution in [1.82, 2.24) is 4.90 Å². The number of nitrogens with two attached hydrogens (primary N) is 1. The summed E-state index contributed by atoms with van der Waals surface area (Å²) in [5.41, 5.74) is 0.747. The van der Waals surface area contributed by atoms with Crippen LogP contribution in [0.1, 0.15) is 18.5 Å². The van der Waals surface area contributed by atoms with Crippen molar-refractivity contribution >= 4 is 11.7 Å². The molecular weight excluding hydrogens is 312 g/mol. The summed E-state index contributed by atoms with van der Waals surface area (Å²) in [6.07, 6.45) is 0. The number of rotatable bonds is 8. The molecule has 1 atom stereocenters. The Morgan fingerprint density at radius 2 is 2.04 bits per heavy atom. The second-order valence-corrected chi connectivity index (χ2v) is 5.55. The van der Waals surface area contributed by atoms with Crippen molar-refractivity contribution < 1.29 is 29.9 Å². The molecule has 1 aliphatic rings. The van der Waals surface area contributed by atoms with Crippen LogP contribution in [0.25, 0.3) is 0 Å². The lowest BCUT2D eigenvalue weighted by Gasteiger charge is -2.27. The third-order valence-corrected chi connectivity index (χ3v) is 4.02. The maximum Gasteiger partial charge on any atom is 0.290 e. The summed E-state index contributed by atoms with van der Waals surface area (Å²) >= 11 is 0. The van der Waals surface area contributed by atoms with Crippen molar-refractivity contribution in [2.75, 3.05) is 33.4 Å². The topological polar surface area (TPSA) is 104 Å². The van der Waals surface area contributed by atoms with Crippen LogP contribution in [-0.4, -0.2) is 60.2 Å². The Hall–Kier alpha value is -2.38. The molecule has 0 saturated heterocycles. The van der Waals surface area contributed by atoms with Crippen molar-refractivity contribution in [2.45, 2.75) is 13.0 Å². The van der Waals surface area contributed by atoms with Crippen LogP contribution in [-0.2, 0) is 9.59 Å². The molecule has 130 valence electrons. The van der Waals surface area contributed by atoms with Crippen molar-refractivity contribution in [3.8, 4) is 5.75 Å². The minimum Gasteiger partial charge on any atom is -0.503 e. The maximum absolute atomic E-state index is 12.4. The van der Waals surface area contributed by atoms with E-state index < -0.39 is 17.7 Å². The maximum atomic E-state index is 12.4. The molecule has 7 heteroatoms. The zero-order chi connectivity index (χ0) is 17.7. The number of hydrogen-bond acceptors (Lipinski definition) is 5. The van der Waals surface area contributed by atoms with E-state index in [4.69, 9.17) is 9.84 Å². The van der Waals surface area contributed by atoms with Crippen molar-refractivity contribution in [3.05, 3.63) is 41.2 Å². The Balaban J connectivity index is 2.39. The van der Waals surface area contributed by atoms with Gasteiger partial charge in [-0.05, 0) is 13.0 Å². The van der Waals surface area contributed by atoms with E-state index in [9.17, 15) is 14.7 Å².